The fourth-order valence-electron chi connectivity index (χ4n) is 2.50. The fraction of sp³-hybridized carbons (Fsp3) is 0.0455. The van der Waals surface area contributed by atoms with Crippen LogP contribution in [0, 0.1) is 0 Å². The van der Waals surface area contributed by atoms with E-state index in [1.54, 1.807) is 30.5 Å². The first-order chi connectivity index (χ1) is 14.3. The highest BCUT2D eigenvalue weighted by Gasteiger charge is 2.09. The number of thiazole rings is 1. The lowest BCUT2D eigenvalue weighted by Crippen LogP contribution is -2.20. The Morgan fingerprint density at radius 2 is 1.59 bits per heavy atom. The van der Waals surface area contributed by atoms with Gasteiger partial charge in [0.15, 0.2) is 11.7 Å². The van der Waals surface area contributed by atoms with Gasteiger partial charge >= 0.3 is 0 Å². The van der Waals surface area contributed by atoms with Crippen LogP contribution in [0.3, 0.4) is 0 Å². The zero-order chi connectivity index (χ0) is 19.9. The maximum Gasteiger partial charge on any atom is 0.264 e. The zero-order valence-electron chi connectivity index (χ0n) is 15.3. The van der Waals surface area contributed by atoms with Crippen molar-refractivity contribution >= 4 is 22.4 Å². The van der Waals surface area contributed by atoms with Gasteiger partial charge < -0.3 is 9.47 Å². The van der Waals surface area contributed by atoms with Crippen LogP contribution in [0.2, 0.25) is 0 Å². The summed E-state index contributed by atoms with van der Waals surface area (Å²) in [6, 6.07) is 22.2. The van der Waals surface area contributed by atoms with E-state index in [2.05, 4.69) is 15.3 Å². The molecule has 0 fully saturated rings. The van der Waals surface area contributed by atoms with Crippen LogP contribution in [-0.4, -0.2) is 22.5 Å². The molecule has 2 aromatic heterocycles. The number of rotatable bonds is 7. The third-order valence-electron chi connectivity index (χ3n) is 3.85. The van der Waals surface area contributed by atoms with E-state index in [9.17, 15) is 4.79 Å². The Balaban J connectivity index is 1.28. The largest absolute Gasteiger partial charge is 0.484 e. The van der Waals surface area contributed by atoms with Crippen molar-refractivity contribution in [2.75, 3.05) is 11.9 Å². The van der Waals surface area contributed by atoms with Gasteiger partial charge in [-0.2, -0.15) is 0 Å². The second kappa shape index (κ2) is 8.99. The van der Waals surface area contributed by atoms with E-state index in [0.717, 1.165) is 17.1 Å². The number of hydrogen-bond donors (Lipinski definition) is 1. The van der Waals surface area contributed by atoms with Crippen LogP contribution >= 0.6 is 11.3 Å². The minimum absolute atomic E-state index is 0.114. The fourth-order valence-corrected chi connectivity index (χ4v) is 3.22. The standard InChI is InChI=1S/C22H17N3O3S/c26-21(25-22-24-20(15-29-22)19-8-4-5-13-23-19)14-27-16-9-11-18(12-10-16)28-17-6-2-1-3-7-17/h1-13,15H,14H2,(H,24,25,26). The molecule has 1 N–H and O–H groups in total. The van der Waals surface area contributed by atoms with E-state index in [0.29, 0.717) is 16.6 Å². The monoisotopic (exact) mass is 403 g/mol. The molecule has 144 valence electrons. The van der Waals surface area contributed by atoms with Crippen molar-refractivity contribution < 1.29 is 14.3 Å². The van der Waals surface area contributed by atoms with E-state index in [1.165, 1.54) is 11.3 Å². The first kappa shape index (κ1) is 18.6. The van der Waals surface area contributed by atoms with E-state index in [1.807, 2.05) is 53.9 Å². The van der Waals surface area contributed by atoms with Gasteiger partial charge in [0, 0.05) is 11.6 Å². The lowest BCUT2D eigenvalue weighted by Gasteiger charge is -2.08. The summed E-state index contributed by atoms with van der Waals surface area (Å²) in [7, 11) is 0. The second-order valence-corrected chi connectivity index (χ2v) is 6.83. The number of nitrogens with one attached hydrogen (secondary N) is 1. The van der Waals surface area contributed by atoms with E-state index in [-0.39, 0.29) is 12.5 Å². The number of carbonyl (C=O) groups excluding carboxylic acids is 1. The van der Waals surface area contributed by atoms with E-state index in [4.69, 9.17) is 9.47 Å². The maximum absolute atomic E-state index is 12.1. The first-order valence-electron chi connectivity index (χ1n) is 8.89. The molecule has 2 heterocycles. The van der Waals surface area contributed by atoms with Gasteiger partial charge in [-0.25, -0.2) is 4.98 Å². The third kappa shape index (κ3) is 5.18. The molecule has 29 heavy (non-hydrogen) atoms. The number of aromatic nitrogens is 2. The molecule has 6 nitrogen and oxygen atoms in total. The topological polar surface area (TPSA) is 73.3 Å². The molecule has 0 bridgehead atoms. The highest BCUT2D eigenvalue weighted by Crippen LogP contribution is 2.24. The van der Waals surface area contributed by atoms with Crippen molar-refractivity contribution in [1.29, 1.82) is 0 Å². The number of hydrogen-bond acceptors (Lipinski definition) is 6. The van der Waals surface area contributed by atoms with Crippen molar-refractivity contribution in [1.82, 2.24) is 9.97 Å². The molecule has 0 aliphatic rings. The summed E-state index contributed by atoms with van der Waals surface area (Å²) in [4.78, 5) is 20.8. The van der Waals surface area contributed by atoms with Crippen molar-refractivity contribution in [2.24, 2.45) is 0 Å². The Bertz CT molecular complexity index is 1070. The molecule has 7 heteroatoms. The van der Waals surface area contributed by atoms with Crippen LogP contribution in [0.4, 0.5) is 5.13 Å². The average Bonchev–Trinajstić information content (AvgIpc) is 3.23. The van der Waals surface area contributed by atoms with Crippen LogP contribution in [0.25, 0.3) is 11.4 Å². The smallest absolute Gasteiger partial charge is 0.264 e. The van der Waals surface area contributed by atoms with Crippen LogP contribution in [0.5, 0.6) is 17.2 Å². The predicted molar refractivity (Wildman–Crippen MR) is 112 cm³/mol. The highest BCUT2D eigenvalue weighted by molar-refractivity contribution is 7.14. The minimum Gasteiger partial charge on any atom is -0.484 e. The quantitative estimate of drug-likeness (QED) is 0.469. The van der Waals surface area contributed by atoms with Crippen LogP contribution in [0.15, 0.2) is 84.4 Å². The Hall–Kier alpha value is -3.71. The van der Waals surface area contributed by atoms with Gasteiger partial charge in [0.05, 0.1) is 5.69 Å². The molecular weight excluding hydrogens is 386 g/mol. The van der Waals surface area contributed by atoms with E-state index >= 15 is 0 Å². The van der Waals surface area contributed by atoms with Gasteiger partial charge in [0.1, 0.15) is 22.9 Å². The lowest BCUT2D eigenvalue weighted by molar-refractivity contribution is -0.118. The van der Waals surface area contributed by atoms with Gasteiger partial charge in [0.25, 0.3) is 5.91 Å². The zero-order valence-corrected chi connectivity index (χ0v) is 16.1. The van der Waals surface area contributed by atoms with Crippen LogP contribution in [0.1, 0.15) is 0 Å². The molecule has 0 aliphatic carbocycles. The van der Waals surface area contributed by atoms with Crippen LogP contribution < -0.4 is 14.8 Å². The molecule has 0 atom stereocenters. The summed E-state index contributed by atoms with van der Waals surface area (Å²) in [5.74, 6) is 1.75. The third-order valence-corrected chi connectivity index (χ3v) is 4.61. The molecule has 0 unspecified atom stereocenters. The van der Waals surface area contributed by atoms with Gasteiger partial charge in [-0.3, -0.25) is 15.1 Å². The molecule has 0 saturated carbocycles. The number of nitrogens with zero attached hydrogens (tertiary/aromatic N) is 2. The van der Waals surface area contributed by atoms with Crippen molar-refractivity contribution in [2.45, 2.75) is 0 Å². The molecule has 1 amide bonds. The number of para-hydroxylation sites is 1. The molecule has 0 saturated heterocycles. The van der Waals surface area contributed by atoms with E-state index < -0.39 is 0 Å². The number of amides is 1. The lowest BCUT2D eigenvalue weighted by atomic mass is 10.3. The van der Waals surface area contributed by atoms with Crippen molar-refractivity contribution in [3.05, 3.63) is 84.4 Å². The summed E-state index contributed by atoms with van der Waals surface area (Å²) in [5.41, 5.74) is 1.49. The number of pyridine rings is 1. The molecular formula is C22H17N3O3S. The van der Waals surface area contributed by atoms with Gasteiger partial charge in [0.2, 0.25) is 0 Å². The summed E-state index contributed by atoms with van der Waals surface area (Å²) in [6.07, 6.45) is 1.71. The van der Waals surface area contributed by atoms with Gasteiger partial charge in [-0.15, -0.1) is 11.3 Å². The summed E-state index contributed by atoms with van der Waals surface area (Å²) in [5, 5.41) is 5.09. The maximum atomic E-state index is 12.1. The number of benzene rings is 2. The Morgan fingerprint density at radius 1 is 0.862 bits per heavy atom. The first-order valence-corrected chi connectivity index (χ1v) is 9.77. The average molecular weight is 403 g/mol. The second-order valence-electron chi connectivity index (χ2n) is 5.98. The van der Waals surface area contributed by atoms with Gasteiger partial charge in [-0.05, 0) is 48.5 Å². The Labute approximate surface area is 171 Å². The molecule has 0 spiro atoms. The minimum atomic E-state index is -0.281. The molecule has 0 radical (unpaired) electrons. The summed E-state index contributed by atoms with van der Waals surface area (Å²) in [6.45, 7) is -0.114. The molecule has 2 aromatic carbocycles. The van der Waals surface area contributed by atoms with Crippen LogP contribution in [-0.2, 0) is 4.79 Å². The predicted octanol–water partition coefficient (Wildman–Crippen LogP) is 5.01. The number of carbonyl (C=O) groups is 1. The van der Waals surface area contributed by atoms with Crippen molar-refractivity contribution in [3.8, 4) is 28.6 Å². The normalized spacial score (nSPS) is 10.3. The highest BCUT2D eigenvalue weighted by atomic mass is 32.1. The SMILES string of the molecule is O=C(COc1ccc(Oc2ccccc2)cc1)Nc1nc(-c2ccccn2)cs1. The number of ether oxygens (including phenoxy) is 2. The summed E-state index contributed by atoms with van der Waals surface area (Å²) >= 11 is 1.34. The Kier molecular flexibility index (Phi) is 5.78. The molecule has 4 rings (SSSR count). The summed E-state index contributed by atoms with van der Waals surface area (Å²) < 4.78 is 11.3. The van der Waals surface area contributed by atoms with Crippen molar-refractivity contribution in [3.63, 3.8) is 0 Å². The molecule has 0 aliphatic heterocycles. The Morgan fingerprint density at radius 3 is 2.34 bits per heavy atom. The number of anilines is 1. The van der Waals surface area contributed by atoms with Gasteiger partial charge in [-0.1, -0.05) is 24.3 Å². The molecule has 4 aromatic rings.